The van der Waals surface area contributed by atoms with Gasteiger partial charge >= 0.3 is 5.97 Å². The third-order valence-electron chi connectivity index (χ3n) is 4.35. The highest BCUT2D eigenvalue weighted by Gasteiger charge is 2.34. The van der Waals surface area contributed by atoms with Crippen molar-refractivity contribution in [3.8, 4) is 11.5 Å². The molecule has 1 fully saturated rings. The highest BCUT2D eigenvalue weighted by Crippen LogP contribution is 2.36. The Morgan fingerprint density at radius 2 is 1.89 bits per heavy atom. The summed E-state index contributed by atoms with van der Waals surface area (Å²) in [5, 5.41) is 4.05. The van der Waals surface area contributed by atoms with Gasteiger partial charge in [0.25, 0.3) is 0 Å². The molecule has 0 spiro atoms. The fourth-order valence-electron chi connectivity index (χ4n) is 3.17. The lowest BCUT2D eigenvalue weighted by molar-refractivity contribution is -0.156. The molecule has 28 heavy (non-hydrogen) atoms. The molecule has 1 aliphatic rings. The third-order valence-corrected chi connectivity index (χ3v) is 4.52. The molecule has 152 valence electrons. The van der Waals surface area contributed by atoms with E-state index in [1.54, 1.807) is 26.4 Å². The van der Waals surface area contributed by atoms with E-state index in [0.717, 1.165) is 5.39 Å². The highest BCUT2D eigenvalue weighted by molar-refractivity contribution is 6.28. The van der Waals surface area contributed by atoms with E-state index in [1.807, 2.05) is 25.7 Å². The van der Waals surface area contributed by atoms with Gasteiger partial charge in [-0.2, -0.15) is 4.98 Å². The monoisotopic (exact) mass is 408 g/mol. The molecule has 1 atom stereocenters. The van der Waals surface area contributed by atoms with E-state index in [1.165, 1.54) is 0 Å². The van der Waals surface area contributed by atoms with Crippen LogP contribution in [0, 0.1) is 0 Å². The summed E-state index contributed by atoms with van der Waals surface area (Å²) < 4.78 is 16.4. The Labute approximate surface area is 169 Å². The van der Waals surface area contributed by atoms with Gasteiger partial charge in [-0.25, -0.2) is 9.78 Å². The third kappa shape index (κ3) is 4.23. The number of hydrogen-bond donors (Lipinski definition) is 1. The van der Waals surface area contributed by atoms with Crippen LogP contribution in [0.1, 0.15) is 20.8 Å². The zero-order valence-electron chi connectivity index (χ0n) is 16.7. The quantitative estimate of drug-likeness (QED) is 0.609. The second kappa shape index (κ2) is 7.97. The zero-order chi connectivity index (χ0) is 20.5. The molecule has 2 heterocycles. The van der Waals surface area contributed by atoms with Crippen molar-refractivity contribution in [2.45, 2.75) is 32.4 Å². The van der Waals surface area contributed by atoms with Crippen molar-refractivity contribution in [3.63, 3.8) is 0 Å². The Kier molecular flexibility index (Phi) is 5.81. The maximum absolute atomic E-state index is 12.8. The lowest BCUT2D eigenvalue weighted by atomic mass is 10.1. The van der Waals surface area contributed by atoms with E-state index in [9.17, 15) is 4.79 Å². The second-order valence-corrected chi connectivity index (χ2v) is 7.83. The molecule has 1 aromatic carbocycles. The van der Waals surface area contributed by atoms with Crippen LogP contribution >= 0.6 is 11.6 Å². The average Bonchev–Trinajstić information content (AvgIpc) is 2.64. The largest absolute Gasteiger partial charge is 0.493 e. The molecule has 1 N–H and O–H groups in total. The number of nitrogens with one attached hydrogen (secondary N) is 1. The van der Waals surface area contributed by atoms with Crippen molar-refractivity contribution in [2.75, 3.05) is 38.8 Å². The van der Waals surface area contributed by atoms with Crippen LogP contribution in [0.2, 0.25) is 5.28 Å². The van der Waals surface area contributed by atoms with Crippen molar-refractivity contribution < 1.29 is 19.0 Å². The minimum absolute atomic E-state index is 0.0937. The van der Waals surface area contributed by atoms with Crippen molar-refractivity contribution in [3.05, 3.63) is 17.4 Å². The van der Waals surface area contributed by atoms with Crippen LogP contribution in [0.15, 0.2) is 12.1 Å². The maximum atomic E-state index is 12.8. The van der Waals surface area contributed by atoms with Gasteiger partial charge in [-0.15, -0.1) is 0 Å². The predicted molar refractivity (Wildman–Crippen MR) is 108 cm³/mol. The van der Waals surface area contributed by atoms with Gasteiger partial charge in [-0.1, -0.05) is 0 Å². The summed E-state index contributed by atoms with van der Waals surface area (Å²) in [6, 6.07) is 3.01. The lowest BCUT2D eigenvalue weighted by Crippen LogP contribution is -2.56. The number of anilines is 1. The van der Waals surface area contributed by atoms with E-state index < -0.39 is 11.6 Å². The minimum Gasteiger partial charge on any atom is -0.493 e. The van der Waals surface area contributed by atoms with Gasteiger partial charge in [0.2, 0.25) is 5.28 Å². The maximum Gasteiger partial charge on any atom is 0.330 e. The topological polar surface area (TPSA) is 85.8 Å². The summed E-state index contributed by atoms with van der Waals surface area (Å²) in [7, 11) is 3.12. The molecule has 1 aliphatic heterocycles. The number of benzene rings is 1. The first-order valence-corrected chi connectivity index (χ1v) is 9.41. The number of fused-ring (bicyclic) bond motifs is 1. The molecule has 1 saturated heterocycles. The first kappa shape index (κ1) is 20.4. The standard InChI is InChI=1S/C19H25ClN4O4/c1-19(2,3)28-17(25)13-10-21-6-7-24(13)16-11-8-14(26-4)15(27-5)9-12(11)22-18(20)23-16/h8-9,13,21H,6-7,10H2,1-5H3. The van der Waals surface area contributed by atoms with Crippen LogP contribution in [-0.2, 0) is 9.53 Å². The molecule has 1 aromatic heterocycles. The Hall–Kier alpha value is -2.32. The van der Waals surface area contributed by atoms with Crippen LogP contribution in [0.4, 0.5) is 5.82 Å². The number of carbonyl (C=O) groups is 1. The van der Waals surface area contributed by atoms with Crippen LogP contribution in [0.5, 0.6) is 11.5 Å². The number of carbonyl (C=O) groups excluding carboxylic acids is 1. The molecular formula is C19H25ClN4O4. The minimum atomic E-state index is -0.581. The molecule has 3 rings (SSSR count). The molecule has 0 aliphatic carbocycles. The molecule has 0 bridgehead atoms. The van der Waals surface area contributed by atoms with Crippen LogP contribution < -0.4 is 19.7 Å². The summed E-state index contributed by atoms with van der Waals surface area (Å²) in [6.07, 6.45) is 0. The average molecular weight is 409 g/mol. The number of piperazine rings is 1. The Balaban J connectivity index is 2.10. The number of esters is 1. The summed E-state index contributed by atoms with van der Waals surface area (Å²) in [6.45, 7) is 7.26. The van der Waals surface area contributed by atoms with Crippen LogP contribution in [-0.4, -0.2) is 61.4 Å². The van der Waals surface area contributed by atoms with Crippen LogP contribution in [0.25, 0.3) is 10.9 Å². The Bertz CT molecular complexity index is 884. The number of nitrogens with zero attached hydrogens (tertiary/aromatic N) is 3. The smallest absolute Gasteiger partial charge is 0.330 e. The van der Waals surface area contributed by atoms with E-state index in [4.69, 9.17) is 25.8 Å². The number of aromatic nitrogens is 2. The summed E-state index contributed by atoms with van der Waals surface area (Å²) in [5.41, 5.74) is 0.0245. The van der Waals surface area contributed by atoms with Gasteiger partial charge in [0.1, 0.15) is 17.5 Å². The lowest BCUT2D eigenvalue weighted by Gasteiger charge is -2.37. The number of methoxy groups -OCH3 is 2. The fourth-order valence-corrected chi connectivity index (χ4v) is 3.34. The van der Waals surface area contributed by atoms with Crippen molar-refractivity contribution >= 4 is 34.3 Å². The van der Waals surface area contributed by atoms with E-state index >= 15 is 0 Å². The van der Waals surface area contributed by atoms with E-state index in [2.05, 4.69) is 15.3 Å². The van der Waals surface area contributed by atoms with Crippen LogP contribution in [0.3, 0.4) is 0 Å². The Morgan fingerprint density at radius 3 is 2.54 bits per heavy atom. The van der Waals surface area contributed by atoms with Crippen molar-refractivity contribution in [2.24, 2.45) is 0 Å². The second-order valence-electron chi connectivity index (χ2n) is 7.49. The zero-order valence-corrected chi connectivity index (χ0v) is 17.5. The summed E-state index contributed by atoms with van der Waals surface area (Å²) in [4.78, 5) is 23.5. The highest BCUT2D eigenvalue weighted by atomic mass is 35.5. The summed E-state index contributed by atoms with van der Waals surface area (Å²) >= 11 is 6.19. The molecule has 0 radical (unpaired) electrons. The van der Waals surface area contributed by atoms with Crippen molar-refractivity contribution in [1.29, 1.82) is 0 Å². The molecule has 9 heteroatoms. The fraction of sp³-hybridized carbons (Fsp3) is 0.526. The van der Waals surface area contributed by atoms with Gasteiger partial charge in [0.05, 0.1) is 19.7 Å². The van der Waals surface area contributed by atoms with E-state index in [-0.39, 0.29) is 11.3 Å². The molecule has 0 amide bonds. The van der Waals surface area contributed by atoms with E-state index in [0.29, 0.717) is 42.5 Å². The van der Waals surface area contributed by atoms with Gasteiger partial charge in [0, 0.05) is 31.1 Å². The van der Waals surface area contributed by atoms with Crippen molar-refractivity contribution in [1.82, 2.24) is 15.3 Å². The molecule has 8 nitrogen and oxygen atoms in total. The summed E-state index contributed by atoms with van der Waals surface area (Å²) in [5.74, 6) is 1.34. The molecule has 2 aromatic rings. The number of hydrogen-bond acceptors (Lipinski definition) is 8. The number of rotatable bonds is 4. The normalized spacial score (nSPS) is 17.5. The molecular weight excluding hydrogens is 384 g/mol. The van der Waals surface area contributed by atoms with Gasteiger partial charge in [0.15, 0.2) is 11.5 Å². The molecule has 0 saturated carbocycles. The molecule has 1 unspecified atom stereocenters. The number of ether oxygens (including phenoxy) is 3. The van der Waals surface area contributed by atoms with Gasteiger partial charge < -0.3 is 24.4 Å². The first-order chi connectivity index (χ1) is 13.2. The SMILES string of the molecule is COc1cc2nc(Cl)nc(N3CCNCC3C(=O)OC(C)(C)C)c2cc1OC. The van der Waals surface area contributed by atoms with Gasteiger partial charge in [-0.05, 0) is 38.4 Å². The predicted octanol–water partition coefficient (Wildman–Crippen LogP) is 2.42. The Morgan fingerprint density at radius 1 is 1.21 bits per heavy atom. The number of halogens is 1. The first-order valence-electron chi connectivity index (χ1n) is 9.03. The van der Waals surface area contributed by atoms with Gasteiger partial charge in [-0.3, -0.25) is 0 Å².